The highest BCUT2D eigenvalue weighted by atomic mass is 35.6. The Morgan fingerprint density at radius 2 is 2.13 bits per heavy atom. The largest absolute Gasteiger partial charge is 0.316 e. The van der Waals surface area contributed by atoms with E-state index in [2.05, 4.69) is 20.5 Å². The lowest BCUT2D eigenvalue weighted by Gasteiger charge is -2.20. The third-order valence-electron chi connectivity index (χ3n) is 2.44. The van der Waals surface area contributed by atoms with Gasteiger partial charge in [0.1, 0.15) is 5.82 Å². The Bertz CT molecular complexity index is 327. The Kier molecular flexibility index (Phi) is 3.40. The molecule has 1 aliphatic rings. The lowest BCUT2D eigenvalue weighted by Crippen LogP contribution is -2.29. The number of nitrogens with zero attached hydrogens (tertiary/aromatic N) is 2. The van der Waals surface area contributed by atoms with Gasteiger partial charge in [-0.15, -0.1) is 0 Å². The van der Waals surface area contributed by atoms with Crippen molar-refractivity contribution in [3.8, 4) is 0 Å². The number of rotatable bonds is 1. The summed E-state index contributed by atoms with van der Waals surface area (Å²) in [5, 5.41) is 10.0. The summed E-state index contributed by atoms with van der Waals surface area (Å²) in [5.41, 5.74) is 0. The van der Waals surface area contributed by atoms with Gasteiger partial charge >= 0.3 is 0 Å². The minimum absolute atomic E-state index is 0.216. The highest BCUT2D eigenvalue weighted by molar-refractivity contribution is 6.66. The summed E-state index contributed by atoms with van der Waals surface area (Å²) in [7, 11) is 0. The van der Waals surface area contributed by atoms with E-state index in [1.165, 1.54) is 0 Å². The van der Waals surface area contributed by atoms with Crippen molar-refractivity contribution in [1.82, 2.24) is 20.5 Å². The smallest absolute Gasteiger partial charge is 0.251 e. The minimum atomic E-state index is -1.54. The Balaban J connectivity index is 2.12. The molecule has 2 rings (SSSR count). The monoisotopic (exact) mass is 268 g/mol. The van der Waals surface area contributed by atoms with Gasteiger partial charge in [0.05, 0.1) is 0 Å². The number of alkyl halides is 3. The molecular weight excluding hydrogens is 258 g/mol. The molecule has 0 bridgehead atoms. The van der Waals surface area contributed by atoms with Gasteiger partial charge in [0.2, 0.25) is 5.82 Å². The molecule has 1 atom stereocenters. The Morgan fingerprint density at radius 3 is 2.67 bits per heavy atom. The van der Waals surface area contributed by atoms with E-state index in [0.29, 0.717) is 5.92 Å². The number of aromatic amines is 1. The van der Waals surface area contributed by atoms with Crippen LogP contribution in [0.25, 0.3) is 0 Å². The van der Waals surface area contributed by atoms with Crippen molar-refractivity contribution in [2.45, 2.75) is 22.6 Å². The van der Waals surface area contributed by atoms with Gasteiger partial charge in [-0.25, -0.2) is 4.98 Å². The van der Waals surface area contributed by atoms with E-state index in [-0.39, 0.29) is 5.82 Å². The Labute approximate surface area is 103 Å². The van der Waals surface area contributed by atoms with Crippen LogP contribution in [0, 0.1) is 0 Å². The van der Waals surface area contributed by atoms with Crippen LogP contribution < -0.4 is 5.32 Å². The second-order valence-electron chi connectivity index (χ2n) is 3.59. The van der Waals surface area contributed by atoms with Gasteiger partial charge in [-0.05, 0) is 19.4 Å². The molecule has 1 unspecified atom stereocenters. The third-order valence-corrected chi connectivity index (χ3v) is 2.95. The zero-order valence-electron chi connectivity index (χ0n) is 7.93. The van der Waals surface area contributed by atoms with Crippen LogP contribution in [0.15, 0.2) is 0 Å². The van der Waals surface area contributed by atoms with Crippen molar-refractivity contribution < 1.29 is 0 Å². The quantitative estimate of drug-likeness (QED) is 0.768. The molecule has 0 spiro atoms. The van der Waals surface area contributed by atoms with E-state index >= 15 is 0 Å². The standard InChI is InChI=1S/C8H11Cl3N4/c9-8(10,11)7-13-6(14-15-7)5-2-1-3-12-4-5/h5,12H,1-4H2,(H,13,14,15). The summed E-state index contributed by atoms with van der Waals surface area (Å²) in [6.07, 6.45) is 2.22. The van der Waals surface area contributed by atoms with Gasteiger partial charge in [-0.2, -0.15) is 5.10 Å². The number of aromatic nitrogens is 3. The molecule has 7 heteroatoms. The molecule has 1 aromatic rings. The first kappa shape index (κ1) is 11.5. The van der Waals surface area contributed by atoms with Gasteiger partial charge in [-0.1, -0.05) is 34.8 Å². The van der Waals surface area contributed by atoms with Crippen LogP contribution >= 0.6 is 34.8 Å². The van der Waals surface area contributed by atoms with E-state index in [1.54, 1.807) is 0 Å². The summed E-state index contributed by atoms with van der Waals surface area (Å²) in [5.74, 6) is 1.35. The molecular formula is C8H11Cl3N4. The number of H-pyrrole nitrogens is 1. The third kappa shape index (κ3) is 2.75. The normalized spacial score (nSPS) is 23.0. The topological polar surface area (TPSA) is 53.6 Å². The maximum atomic E-state index is 5.68. The average Bonchev–Trinajstić information content (AvgIpc) is 2.67. The summed E-state index contributed by atoms with van der Waals surface area (Å²) in [6.45, 7) is 1.95. The van der Waals surface area contributed by atoms with Gasteiger partial charge in [0, 0.05) is 12.5 Å². The van der Waals surface area contributed by atoms with Crippen LogP contribution in [-0.2, 0) is 3.79 Å². The molecule has 0 amide bonds. The zero-order chi connectivity index (χ0) is 10.9. The summed E-state index contributed by atoms with van der Waals surface area (Å²) in [4.78, 5) is 4.20. The molecule has 1 saturated heterocycles. The lowest BCUT2D eigenvalue weighted by atomic mass is 9.99. The van der Waals surface area contributed by atoms with Crippen molar-refractivity contribution in [2.75, 3.05) is 13.1 Å². The van der Waals surface area contributed by atoms with Crippen molar-refractivity contribution in [3.63, 3.8) is 0 Å². The number of hydrogen-bond acceptors (Lipinski definition) is 3. The van der Waals surface area contributed by atoms with Crippen LogP contribution in [0.2, 0.25) is 0 Å². The van der Waals surface area contributed by atoms with E-state index in [4.69, 9.17) is 34.8 Å². The lowest BCUT2D eigenvalue weighted by molar-refractivity contribution is 0.447. The van der Waals surface area contributed by atoms with Crippen LogP contribution in [0.3, 0.4) is 0 Å². The SMILES string of the molecule is ClC(Cl)(Cl)c1n[nH]c(C2CCCNC2)n1. The minimum Gasteiger partial charge on any atom is -0.316 e. The molecule has 2 N–H and O–H groups in total. The van der Waals surface area contributed by atoms with Crippen molar-refractivity contribution in [1.29, 1.82) is 0 Å². The Morgan fingerprint density at radius 1 is 1.33 bits per heavy atom. The van der Waals surface area contributed by atoms with E-state index in [9.17, 15) is 0 Å². The number of halogens is 3. The molecule has 0 aliphatic carbocycles. The molecule has 0 radical (unpaired) electrons. The van der Waals surface area contributed by atoms with Crippen LogP contribution in [-0.4, -0.2) is 28.3 Å². The number of piperidine rings is 1. The summed E-state index contributed by atoms with van der Waals surface area (Å²) in [6, 6.07) is 0. The zero-order valence-corrected chi connectivity index (χ0v) is 10.2. The predicted molar refractivity (Wildman–Crippen MR) is 60.5 cm³/mol. The molecule has 4 nitrogen and oxygen atoms in total. The summed E-state index contributed by atoms with van der Waals surface area (Å²) >= 11 is 17.0. The second-order valence-corrected chi connectivity index (χ2v) is 5.87. The molecule has 0 aromatic carbocycles. The van der Waals surface area contributed by atoms with Crippen molar-refractivity contribution in [2.24, 2.45) is 0 Å². The van der Waals surface area contributed by atoms with Gasteiger partial charge in [-0.3, -0.25) is 5.10 Å². The van der Waals surface area contributed by atoms with Crippen molar-refractivity contribution >= 4 is 34.8 Å². The first-order valence-electron chi connectivity index (χ1n) is 4.77. The molecule has 15 heavy (non-hydrogen) atoms. The van der Waals surface area contributed by atoms with Crippen LogP contribution in [0.4, 0.5) is 0 Å². The fourth-order valence-corrected chi connectivity index (χ4v) is 1.92. The van der Waals surface area contributed by atoms with Gasteiger partial charge < -0.3 is 5.32 Å². The number of hydrogen-bond donors (Lipinski definition) is 2. The first-order chi connectivity index (χ1) is 7.07. The highest BCUT2D eigenvalue weighted by Crippen LogP contribution is 2.36. The van der Waals surface area contributed by atoms with Crippen LogP contribution in [0.1, 0.15) is 30.4 Å². The van der Waals surface area contributed by atoms with Gasteiger partial charge in [0.25, 0.3) is 3.79 Å². The fourth-order valence-electron chi connectivity index (χ4n) is 1.67. The second kappa shape index (κ2) is 4.45. The molecule has 1 fully saturated rings. The van der Waals surface area contributed by atoms with E-state index in [0.717, 1.165) is 31.8 Å². The average molecular weight is 270 g/mol. The maximum Gasteiger partial charge on any atom is 0.251 e. The Hall–Kier alpha value is -0.0300. The molecule has 84 valence electrons. The molecule has 2 heterocycles. The maximum absolute atomic E-state index is 5.68. The van der Waals surface area contributed by atoms with E-state index in [1.807, 2.05) is 0 Å². The molecule has 1 aliphatic heterocycles. The van der Waals surface area contributed by atoms with Crippen molar-refractivity contribution in [3.05, 3.63) is 11.6 Å². The predicted octanol–water partition coefficient (Wildman–Crippen LogP) is 2.10. The van der Waals surface area contributed by atoms with E-state index < -0.39 is 3.79 Å². The molecule has 0 saturated carbocycles. The highest BCUT2D eigenvalue weighted by Gasteiger charge is 2.29. The van der Waals surface area contributed by atoms with Gasteiger partial charge in [0.15, 0.2) is 0 Å². The number of nitrogens with one attached hydrogen (secondary N) is 2. The summed E-state index contributed by atoms with van der Waals surface area (Å²) < 4.78 is -1.54. The fraction of sp³-hybridized carbons (Fsp3) is 0.750. The first-order valence-corrected chi connectivity index (χ1v) is 5.91. The molecule has 1 aromatic heterocycles. The van der Waals surface area contributed by atoms with Crippen LogP contribution in [0.5, 0.6) is 0 Å².